The standard InChI is InChI=1S/C20H29N3O5/c24-16-11-14(12-22(16)15-3-1-2-4-15)13-23-17(25)19(21-18(23)26)5-7-20(8-6-19)27-9-10-28-20/h14-15H,1-13H2,(H,21,26). The number of hydrogen-bond acceptors (Lipinski definition) is 5. The second-order valence-corrected chi connectivity index (χ2v) is 9.09. The summed E-state index contributed by atoms with van der Waals surface area (Å²) in [5.41, 5.74) is -0.828. The zero-order valence-electron chi connectivity index (χ0n) is 16.3. The minimum atomic E-state index is -0.828. The van der Waals surface area contributed by atoms with Crippen molar-refractivity contribution in [2.24, 2.45) is 5.92 Å². The van der Waals surface area contributed by atoms with Crippen LogP contribution in [0.2, 0.25) is 0 Å². The molecular weight excluding hydrogens is 362 g/mol. The molecule has 3 saturated heterocycles. The number of carbonyl (C=O) groups is 3. The predicted molar refractivity (Wildman–Crippen MR) is 98.2 cm³/mol. The summed E-state index contributed by atoms with van der Waals surface area (Å²) >= 11 is 0. The fourth-order valence-electron chi connectivity index (χ4n) is 5.78. The highest BCUT2D eigenvalue weighted by Gasteiger charge is 2.57. The fourth-order valence-corrected chi connectivity index (χ4v) is 5.78. The summed E-state index contributed by atoms with van der Waals surface area (Å²) in [7, 11) is 0. The number of nitrogens with one attached hydrogen (secondary N) is 1. The molecule has 5 rings (SSSR count). The smallest absolute Gasteiger partial charge is 0.325 e. The van der Waals surface area contributed by atoms with Crippen LogP contribution in [0.25, 0.3) is 0 Å². The Kier molecular flexibility index (Phi) is 4.39. The first-order chi connectivity index (χ1) is 13.5. The van der Waals surface area contributed by atoms with E-state index in [9.17, 15) is 14.4 Å². The molecule has 0 aromatic rings. The van der Waals surface area contributed by atoms with Crippen LogP contribution in [-0.4, -0.2) is 71.3 Å². The molecule has 2 saturated carbocycles. The Balaban J connectivity index is 1.23. The SMILES string of the molecule is O=C1NC2(CCC3(CC2)OCCO3)C(=O)N1CC1CC(=O)N(C2CCCC2)C1. The number of carbonyl (C=O) groups excluding carboxylic acids is 3. The van der Waals surface area contributed by atoms with Gasteiger partial charge in [-0.15, -0.1) is 0 Å². The number of rotatable bonds is 3. The second-order valence-electron chi connectivity index (χ2n) is 9.09. The van der Waals surface area contributed by atoms with Crippen molar-refractivity contribution in [1.82, 2.24) is 15.1 Å². The first-order valence-electron chi connectivity index (χ1n) is 10.7. The number of hydrogen-bond donors (Lipinski definition) is 1. The van der Waals surface area contributed by atoms with Gasteiger partial charge < -0.3 is 19.7 Å². The number of likely N-dealkylation sites (tertiary alicyclic amines) is 1. The molecule has 2 aliphatic carbocycles. The van der Waals surface area contributed by atoms with Crippen molar-refractivity contribution < 1.29 is 23.9 Å². The molecule has 8 heteroatoms. The van der Waals surface area contributed by atoms with E-state index in [1.807, 2.05) is 4.90 Å². The summed E-state index contributed by atoms with van der Waals surface area (Å²) < 4.78 is 11.5. The van der Waals surface area contributed by atoms with E-state index in [0.717, 1.165) is 12.8 Å². The van der Waals surface area contributed by atoms with Crippen LogP contribution < -0.4 is 5.32 Å². The van der Waals surface area contributed by atoms with E-state index in [-0.39, 0.29) is 23.8 Å². The summed E-state index contributed by atoms with van der Waals surface area (Å²) in [5.74, 6) is -0.496. The quantitative estimate of drug-likeness (QED) is 0.735. The lowest BCUT2D eigenvalue weighted by Gasteiger charge is -2.39. The lowest BCUT2D eigenvalue weighted by Crippen LogP contribution is -2.53. The van der Waals surface area contributed by atoms with Crippen LogP contribution in [0.1, 0.15) is 57.8 Å². The maximum absolute atomic E-state index is 13.2. The predicted octanol–water partition coefficient (Wildman–Crippen LogP) is 1.39. The summed E-state index contributed by atoms with van der Waals surface area (Å²) in [4.78, 5) is 41.6. The summed E-state index contributed by atoms with van der Waals surface area (Å²) in [5, 5.41) is 2.95. The number of imide groups is 1. The first kappa shape index (κ1) is 18.4. The molecule has 2 spiro atoms. The topological polar surface area (TPSA) is 88.2 Å². The highest BCUT2D eigenvalue weighted by atomic mass is 16.7. The van der Waals surface area contributed by atoms with Gasteiger partial charge in [-0.2, -0.15) is 0 Å². The van der Waals surface area contributed by atoms with Gasteiger partial charge in [0, 0.05) is 44.3 Å². The third kappa shape index (κ3) is 2.92. The molecule has 1 unspecified atom stereocenters. The van der Waals surface area contributed by atoms with Crippen LogP contribution in [0.4, 0.5) is 4.79 Å². The Morgan fingerprint density at radius 1 is 1.00 bits per heavy atom. The van der Waals surface area contributed by atoms with E-state index in [1.165, 1.54) is 17.7 Å². The minimum absolute atomic E-state index is 0.0365. The first-order valence-corrected chi connectivity index (χ1v) is 10.7. The molecule has 0 bridgehead atoms. The molecule has 28 heavy (non-hydrogen) atoms. The van der Waals surface area contributed by atoms with Crippen molar-refractivity contribution in [1.29, 1.82) is 0 Å². The molecule has 3 aliphatic heterocycles. The molecule has 154 valence electrons. The number of amides is 4. The lowest BCUT2D eigenvalue weighted by atomic mass is 9.78. The average molecular weight is 391 g/mol. The van der Waals surface area contributed by atoms with Gasteiger partial charge in [0.1, 0.15) is 5.54 Å². The van der Waals surface area contributed by atoms with Gasteiger partial charge in [-0.25, -0.2) is 4.79 Å². The Morgan fingerprint density at radius 2 is 1.68 bits per heavy atom. The van der Waals surface area contributed by atoms with E-state index in [4.69, 9.17) is 9.47 Å². The van der Waals surface area contributed by atoms with E-state index in [2.05, 4.69) is 5.32 Å². The number of nitrogens with zero attached hydrogens (tertiary/aromatic N) is 2. The van der Waals surface area contributed by atoms with Gasteiger partial charge in [-0.1, -0.05) is 12.8 Å². The van der Waals surface area contributed by atoms with Crippen LogP contribution in [0.3, 0.4) is 0 Å². The minimum Gasteiger partial charge on any atom is -0.348 e. The Labute approximate surface area is 164 Å². The maximum Gasteiger partial charge on any atom is 0.325 e. The zero-order valence-corrected chi connectivity index (χ0v) is 16.3. The number of urea groups is 1. The molecular formula is C20H29N3O5. The van der Waals surface area contributed by atoms with Crippen molar-refractivity contribution in [3.8, 4) is 0 Å². The van der Waals surface area contributed by atoms with Crippen molar-refractivity contribution in [3.05, 3.63) is 0 Å². The third-order valence-corrected chi connectivity index (χ3v) is 7.37. The van der Waals surface area contributed by atoms with E-state index < -0.39 is 11.3 Å². The van der Waals surface area contributed by atoms with Crippen molar-refractivity contribution in [2.75, 3.05) is 26.3 Å². The summed E-state index contributed by atoms with van der Waals surface area (Å²) in [6, 6.07) is 0.0360. The monoisotopic (exact) mass is 391 g/mol. The Hall–Kier alpha value is -1.67. The van der Waals surface area contributed by atoms with Gasteiger partial charge in [-0.3, -0.25) is 14.5 Å². The molecule has 1 N–H and O–H groups in total. The van der Waals surface area contributed by atoms with E-state index in [1.54, 1.807) is 0 Å². The molecule has 3 heterocycles. The number of ether oxygens (including phenoxy) is 2. The van der Waals surface area contributed by atoms with Crippen molar-refractivity contribution in [3.63, 3.8) is 0 Å². The van der Waals surface area contributed by atoms with Crippen LogP contribution in [0, 0.1) is 5.92 Å². The molecule has 5 aliphatic rings. The fraction of sp³-hybridized carbons (Fsp3) is 0.850. The largest absolute Gasteiger partial charge is 0.348 e. The van der Waals surface area contributed by atoms with Gasteiger partial charge in [0.15, 0.2) is 5.79 Å². The molecule has 0 aromatic carbocycles. The molecule has 0 aromatic heterocycles. The summed E-state index contributed by atoms with van der Waals surface area (Å²) in [6.07, 6.45) is 7.26. The zero-order chi connectivity index (χ0) is 19.4. The highest BCUT2D eigenvalue weighted by Crippen LogP contribution is 2.43. The van der Waals surface area contributed by atoms with Crippen LogP contribution in [0.5, 0.6) is 0 Å². The normalized spacial score (nSPS) is 32.3. The molecule has 8 nitrogen and oxygen atoms in total. The Morgan fingerprint density at radius 3 is 2.36 bits per heavy atom. The van der Waals surface area contributed by atoms with Gasteiger partial charge in [0.25, 0.3) is 5.91 Å². The summed E-state index contributed by atoms with van der Waals surface area (Å²) in [6.45, 7) is 2.18. The van der Waals surface area contributed by atoms with E-state index in [0.29, 0.717) is 64.4 Å². The van der Waals surface area contributed by atoms with Crippen molar-refractivity contribution in [2.45, 2.75) is 75.2 Å². The molecule has 4 amide bonds. The second kappa shape index (κ2) is 6.69. The molecule has 1 atom stereocenters. The van der Waals surface area contributed by atoms with Gasteiger partial charge >= 0.3 is 6.03 Å². The third-order valence-electron chi connectivity index (χ3n) is 7.37. The van der Waals surface area contributed by atoms with Crippen molar-refractivity contribution >= 4 is 17.8 Å². The average Bonchev–Trinajstić information content (AvgIpc) is 3.45. The van der Waals surface area contributed by atoms with E-state index >= 15 is 0 Å². The van der Waals surface area contributed by atoms with Gasteiger partial charge in [0.2, 0.25) is 5.91 Å². The lowest BCUT2D eigenvalue weighted by molar-refractivity contribution is -0.186. The Bertz CT molecular complexity index is 673. The molecule has 5 fully saturated rings. The molecule has 0 radical (unpaired) electrons. The maximum atomic E-state index is 13.2. The van der Waals surface area contributed by atoms with Crippen LogP contribution in [0.15, 0.2) is 0 Å². The van der Waals surface area contributed by atoms with Crippen LogP contribution in [-0.2, 0) is 19.1 Å². The van der Waals surface area contributed by atoms with Crippen LogP contribution >= 0.6 is 0 Å². The van der Waals surface area contributed by atoms with Gasteiger partial charge in [-0.05, 0) is 25.7 Å². The highest BCUT2D eigenvalue weighted by molar-refractivity contribution is 6.07. The van der Waals surface area contributed by atoms with Gasteiger partial charge in [0.05, 0.1) is 13.2 Å².